The number of hydrogen-bond donors (Lipinski definition) is 3. The van der Waals surface area contributed by atoms with Crippen molar-refractivity contribution in [1.82, 2.24) is 10.6 Å². The molecule has 1 unspecified atom stereocenters. The number of ether oxygens (including phenoxy) is 2. The fourth-order valence-corrected chi connectivity index (χ4v) is 2.92. The van der Waals surface area contributed by atoms with Gasteiger partial charge in [-0.1, -0.05) is 12.1 Å². The second-order valence-corrected chi connectivity index (χ2v) is 6.50. The lowest BCUT2D eigenvalue weighted by Gasteiger charge is -2.20. The molecule has 0 aliphatic heterocycles. The van der Waals surface area contributed by atoms with Gasteiger partial charge in [0.2, 0.25) is 0 Å². The molecule has 6 heteroatoms. The molecule has 2 rings (SSSR count). The Morgan fingerprint density at radius 1 is 1.11 bits per heavy atom. The molecule has 0 aromatic heterocycles. The first-order valence-corrected chi connectivity index (χ1v) is 9.62. The number of aromatic hydroxyl groups is 1. The molecule has 0 radical (unpaired) electrons. The summed E-state index contributed by atoms with van der Waals surface area (Å²) >= 11 is 0. The number of phenolic OH excluding ortho intramolecular Hbond substituents is 1. The summed E-state index contributed by atoms with van der Waals surface area (Å²) in [6, 6.07) is 13.1. The van der Waals surface area contributed by atoms with Crippen molar-refractivity contribution >= 4 is 5.96 Å². The predicted octanol–water partition coefficient (Wildman–Crippen LogP) is 3.66. The van der Waals surface area contributed by atoms with Crippen LogP contribution >= 0.6 is 0 Å². The number of aryl methyl sites for hydroxylation is 1. The monoisotopic (exact) mass is 385 g/mol. The maximum Gasteiger partial charge on any atom is 0.191 e. The van der Waals surface area contributed by atoms with Crippen molar-refractivity contribution in [3.8, 4) is 17.2 Å². The van der Waals surface area contributed by atoms with Crippen LogP contribution in [0.15, 0.2) is 47.5 Å². The van der Waals surface area contributed by atoms with E-state index < -0.39 is 0 Å². The SMILES string of the molecule is CCNC(=NCCCc1ccc(O)cc1)NC(C)c1cc(OC)ccc1OC. The largest absolute Gasteiger partial charge is 0.508 e. The van der Waals surface area contributed by atoms with E-state index in [2.05, 4.69) is 22.5 Å². The zero-order chi connectivity index (χ0) is 20.4. The Morgan fingerprint density at radius 3 is 2.50 bits per heavy atom. The van der Waals surface area contributed by atoms with Crippen molar-refractivity contribution in [2.24, 2.45) is 4.99 Å². The number of methoxy groups -OCH3 is 2. The van der Waals surface area contributed by atoms with Crippen molar-refractivity contribution in [3.63, 3.8) is 0 Å². The van der Waals surface area contributed by atoms with Crippen LogP contribution in [0.1, 0.15) is 37.4 Å². The van der Waals surface area contributed by atoms with E-state index in [1.165, 1.54) is 5.56 Å². The first-order valence-electron chi connectivity index (χ1n) is 9.62. The average molecular weight is 386 g/mol. The zero-order valence-corrected chi connectivity index (χ0v) is 17.2. The molecule has 0 saturated carbocycles. The van der Waals surface area contributed by atoms with Gasteiger partial charge >= 0.3 is 0 Å². The molecule has 0 saturated heterocycles. The van der Waals surface area contributed by atoms with E-state index in [-0.39, 0.29) is 6.04 Å². The molecule has 2 aromatic rings. The minimum atomic E-state index is -0.0000476. The smallest absolute Gasteiger partial charge is 0.191 e. The van der Waals surface area contributed by atoms with E-state index in [4.69, 9.17) is 9.47 Å². The number of aliphatic imine (C=N–C) groups is 1. The zero-order valence-electron chi connectivity index (χ0n) is 17.2. The fourth-order valence-electron chi connectivity index (χ4n) is 2.92. The number of benzene rings is 2. The van der Waals surface area contributed by atoms with Gasteiger partial charge < -0.3 is 25.2 Å². The maximum atomic E-state index is 9.35. The minimum Gasteiger partial charge on any atom is -0.508 e. The van der Waals surface area contributed by atoms with E-state index in [1.807, 2.05) is 37.3 Å². The molecule has 1 atom stereocenters. The Hall–Kier alpha value is -2.89. The Kier molecular flexibility index (Phi) is 8.46. The van der Waals surface area contributed by atoms with Crippen LogP contribution in [0.2, 0.25) is 0 Å². The lowest BCUT2D eigenvalue weighted by Crippen LogP contribution is -2.39. The minimum absolute atomic E-state index is 0.0000476. The summed E-state index contributed by atoms with van der Waals surface area (Å²) in [5, 5.41) is 16.1. The summed E-state index contributed by atoms with van der Waals surface area (Å²) in [5.74, 6) is 2.66. The number of phenols is 1. The van der Waals surface area contributed by atoms with Gasteiger partial charge in [0, 0.05) is 18.7 Å². The van der Waals surface area contributed by atoms with Crippen LogP contribution < -0.4 is 20.1 Å². The van der Waals surface area contributed by atoms with Gasteiger partial charge in [-0.2, -0.15) is 0 Å². The summed E-state index contributed by atoms with van der Waals surface area (Å²) in [6.07, 6.45) is 1.85. The topological polar surface area (TPSA) is 75.1 Å². The molecule has 0 amide bonds. The highest BCUT2D eigenvalue weighted by Gasteiger charge is 2.14. The van der Waals surface area contributed by atoms with Gasteiger partial charge in [0.15, 0.2) is 5.96 Å². The van der Waals surface area contributed by atoms with Crippen LogP contribution in [-0.4, -0.2) is 38.4 Å². The Balaban J connectivity index is 1.98. The predicted molar refractivity (Wildman–Crippen MR) is 114 cm³/mol. The van der Waals surface area contributed by atoms with E-state index in [0.717, 1.165) is 42.4 Å². The molecule has 3 N–H and O–H groups in total. The van der Waals surface area contributed by atoms with Crippen molar-refractivity contribution in [1.29, 1.82) is 0 Å². The van der Waals surface area contributed by atoms with E-state index in [9.17, 15) is 5.11 Å². The number of nitrogens with zero attached hydrogens (tertiary/aromatic N) is 1. The normalized spacial score (nSPS) is 12.4. The molecule has 0 heterocycles. The molecule has 0 aliphatic rings. The van der Waals surface area contributed by atoms with Crippen LogP contribution in [-0.2, 0) is 6.42 Å². The van der Waals surface area contributed by atoms with E-state index >= 15 is 0 Å². The molecule has 28 heavy (non-hydrogen) atoms. The molecule has 0 fully saturated rings. The van der Waals surface area contributed by atoms with E-state index in [0.29, 0.717) is 12.3 Å². The molecule has 152 valence electrons. The van der Waals surface area contributed by atoms with Gasteiger partial charge in [0.25, 0.3) is 0 Å². The summed E-state index contributed by atoms with van der Waals surface area (Å²) in [6.45, 7) is 5.61. The van der Waals surface area contributed by atoms with Gasteiger partial charge in [-0.3, -0.25) is 4.99 Å². The number of rotatable bonds is 9. The number of nitrogens with one attached hydrogen (secondary N) is 2. The highest BCUT2D eigenvalue weighted by atomic mass is 16.5. The molecule has 2 aromatic carbocycles. The quantitative estimate of drug-likeness (QED) is 0.349. The number of guanidine groups is 1. The second kappa shape index (κ2) is 11.1. The lowest BCUT2D eigenvalue weighted by molar-refractivity contribution is 0.394. The third kappa shape index (κ3) is 6.37. The maximum absolute atomic E-state index is 9.35. The summed E-state index contributed by atoms with van der Waals surface area (Å²) in [4.78, 5) is 4.68. The first-order chi connectivity index (χ1) is 13.6. The number of hydrogen-bond acceptors (Lipinski definition) is 4. The standard InChI is InChI=1S/C22H31N3O3/c1-5-23-22(24-14-6-7-17-8-10-18(26)11-9-17)25-16(2)20-15-19(27-3)12-13-21(20)28-4/h8-13,15-16,26H,5-7,14H2,1-4H3,(H2,23,24,25). The van der Waals surface area contributed by atoms with Crippen molar-refractivity contribution < 1.29 is 14.6 Å². The Bertz CT molecular complexity index is 760. The fraction of sp³-hybridized carbons (Fsp3) is 0.409. The van der Waals surface area contributed by atoms with Crippen LogP contribution in [0.25, 0.3) is 0 Å². The van der Waals surface area contributed by atoms with Gasteiger partial charge in [0.05, 0.1) is 20.3 Å². The molecule has 6 nitrogen and oxygen atoms in total. The third-order valence-electron chi connectivity index (χ3n) is 4.43. The summed E-state index contributed by atoms with van der Waals surface area (Å²) in [7, 11) is 3.32. The summed E-state index contributed by atoms with van der Waals surface area (Å²) < 4.78 is 10.8. The molecular formula is C22H31N3O3. The van der Waals surface area contributed by atoms with Crippen LogP contribution in [0.3, 0.4) is 0 Å². The van der Waals surface area contributed by atoms with Crippen molar-refractivity contribution in [3.05, 3.63) is 53.6 Å². The van der Waals surface area contributed by atoms with Gasteiger partial charge in [-0.05, 0) is 62.6 Å². The van der Waals surface area contributed by atoms with Crippen LogP contribution in [0.4, 0.5) is 0 Å². The highest BCUT2D eigenvalue weighted by Crippen LogP contribution is 2.29. The third-order valence-corrected chi connectivity index (χ3v) is 4.43. The van der Waals surface area contributed by atoms with Gasteiger partial charge in [-0.25, -0.2) is 0 Å². The highest BCUT2D eigenvalue weighted by molar-refractivity contribution is 5.80. The molecule has 0 spiro atoms. The Labute approximate surface area is 167 Å². The van der Waals surface area contributed by atoms with E-state index in [1.54, 1.807) is 26.4 Å². The summed E-state index contributed by atoms with van der Waals surface area (Å²) in [5.41, 5.74) is 2.21. The van der Waals surface area contributed by atoms with Crippen molar-refractivity contribution in [2.45, 2.75) is 32.7 Å². The van der Waals surface area contributed by atoms with Gasteiger partial charge in [0.1, 0.15) is 17.2 Å². The van der Waals surface area contributed by atoms with Crippen LogP contribution in [0.5, 0.6) is 17.2 Å². The second-order valence-electron chi connectivity index (χ2n) is 6.50. The van der Waals surface area contributed by atoms with Crippen LogP contribution in [0, 0.1) is 0 Å². The average Bonchev–Trinajstić information content (AvgIpc) is 2.72. The lowest BCUT2D eigenvalue weighted by atomic mass is 10.1. The molecule has 0 bridgehead atoms. The molecule has 0 aliphatic carbocycles. The molecular weight excluding hydrogens is 354 g/mol. The van der Waals surface area contributed by atoms with Crippen molar-refractivity contribution in [2.75, 3.05) is 27.3 Å². The Morgan fingerprint density at radius 2 is 1.86 bits per heavy atom. The first kappa shape index (κ1) is 21.4. The van der Waals surface area contributed by atoms with Gasteiger partial charge in [-0.15, -0.1) is 0 Å².